The van der Waals surface area contributed by atoms with Gasteiger partial charge < -0.3 is 10.2 Å². The van der Waals surface area contributed by atoms with E-state index >= 15 is 0 Å². The quantitative estimate of drug-likeness (QED) is 0.725. The fourth-order valence-electron chi connectivity index (χ4n) is 3.82. The van der Waals surface area contributed by atoms with Gasteiger partial charge in [0.05, 0.1) is 11.6 Å². The van der Waals surface area contributed by atoms with Crippen LogP contribution >= 0.6 is 0 Å². The number of hydrogen-bond acceptors (Lipinski definition) is 5. The number of amides is 1. The molecule has 7 nitrogen and oxygen atoms in total. The first-order valence-corrected chi connectivity index (χ1v) is 10.0. The topological polar surface area (TPSA) is 75.9 Å². The minimum absolute atomic E-state index is 0.0421. The Balaban J connectivity index is 1.43. The van der Waals surface area contributed by atoms with E-state index in [1.165, 1.54) is 0 Å². The predicted octanol–water partition coefficient (Wildman–Crippen LogP) is 2.81. The third-order valence-corrected chi connectivity index (χ3v) is 5.29. The first-order chi connectivity index (χ1) is 14.1. The lowest BCUT2D eigenvalue weighted by Crippen LogP contribution is -2.43. The summed E-state index contributed by atoms with van der Waals surface area (Å²) in [6.07, 6.45) is 3.43. The molecule has 3 aromatic rings. The van der Waals surface area contributed by atoms with E-state index in [4.69, 9.17) is 0 Å². The minimum Gasteiger partial charge on any atom is -0.356 e. The fourth-order valence-corrected chi connectivity index (χ4v) is 3.82. The summed E-state index contributed by atoms with van der Waals surface area (Å²) in [5.74, 6) is 1.64. The monoisotopic (exact) mass is 390 g/mol. The maximum absolute atomic E-state index is 12.7. The average Bonchev–Trinajstić information content (AvgIpc) is 3.11. The molecule has 29 heavy (non-hydrogen) atoms. The molecule has 1 atom stereocenters. The Bertz CT molecular complexity index is 984. The van der Waals surface area contributed by atoms with Crippen molar-refractivity contribution in [3.63, 3.8) is 0 Å². The lowest BCUT2D eigenvalue weighted by Gasteiger charge is -2.33. The molecule has 1 aromatic carbocycles. The van der Waals surface area contributed by atoms with E-state index in [1.54, 1.807) is 6.33 Å². The van der Waals surface area contributed by atoms with Crippen LogP contribution in [-0.4, -0.2) is 38.7 Å². The van der Waals surface area contributed by atoms with E-state index in [-0.39, 0.29) is 11.8 Å². The number of anilines is 1. The Morgan fingerprint density at radius 1 is 1.14 bits per heavy atom. The molecule has 150 valence electrons. The molecular weight excluding hydrogens is 364 g/mol. The number of rotatable bonds is 5. The summed E-state index contributed by atoms with van der Waals surface area (Å²) in [4.78, 5) is 23.7. The lowest BCUT2D eigenvalue weighted by molar-refractivity contribution is -0.125. The van der Waals surface area contributed by atoms with Crippen LogP contribution in [0.25, 0.3) is 5.82 Å². The van der Waals surface area contributed by atoms with E-state index in [9.17, 15) is 4.79 Å². The Hall–Kier alpha value is -3.22. The molecule has 3 heterocycles. The van der Waals surface area contributed by atoms with Crippen molar-refractivity contribution >= 4 is 11.7 Å². The van der Waals surface area contributed by atoms with Crippen molar-refractivity contribution in [1.29, 1.82) is 0 Å². The van der Waals surface area contributed by atoms with Crippen LogP contribution in [0.2, 0.25) is 0 Å². The molecule has 1 aliphatic heterocycles. The Morgan fingerprint density at radius 2 is 1.93 bits per heavy atom. The molecule has 2 aromatic heterocycles. The van der Waals surface area contributed by atoms with Gasteiger partial charge in [0.25, 0.3) is 0 Å². The number of carbonyl (C=O) groups is 1. The van der Waals surface area contributed by atoms with Gasteiger partial charge in [-0.15, -0.1) is 0 Å². The minimum atomic E-state index is -0.0421. The van der Waals surface area contributed by atoms with Crippen LogP contribution in [0.4, 0.5) is 5.82 Å². The summed E-state index contributed by atoms with van der Waals surface area (Å²) in [6.45, 7) is 6.08. The molecule has 7 heteroatoms. The SMILES string of the molecule is Cc1cc(C)n(-c2cc(N3CCCC(C(=O)NCc4ccccc4)C3)ncn2)n1. The van der Waals surface area contributed by atoms with Gasteiger partial charge in [-0.2, -0.15) is 5.10 Å². The van der Waals surface area contributed by atoms with Crippen molar-refractivity contribution in [3.05, 3.63) is 65.7 Å². The number of aromatic nitrogens is 4. The third kappa shape index (κ3) is 4.45. The second kappa shape index (κ2) is 8.43. The van der Waals surface area contributed by atoms with Crippen molar-refractivity contribution < 1.29 is 4.79 Å². The smallest absolute Gasteiger partial charge is 0.225 e. The summed E-state index contributed by atoms with van der Waals surface area (Å²) in [7, 11) is 0. The third-order valence-electron chi connectivity index (χ3n) is 5.29. The molecule has 1 aliphatic rings. The molecule has 0 aliphatic carbocycles. The Morgan fingerprint density at radius 3 is 2.69 bits per heavy atom. The Labute approximate surface area is 170 Å². The lowest BCUT2D eigenvalue weighted by atomic mass is 9.97. The summed E-state index contributed by atoms with van der Waals surface area (Å²) < 4.78 is 1.83. The van der Waals surface area contributed by atoms with E-state index in [1.807, 2.05) is 61.0 Å². The van der Waals surface area contributed by atoms with Crippen molar-refractivity contribution in [3.8, 4) is 5.82 Å². The average molecular weight is 390 g/mol. The number of nitrogens with one attached hydrogen (secondary N) is 1. The zero-order valence-corrected chi connectivity index (χ0v) is 16.9. The van der Waals surface area contributed by atoms with Gasteiger partial charge in [-0.1, -0.05) is 30.3 Å². The number of piperidine rings is 1. The highest BCUT2D eigenvalue weighted by molar-refractivity contribution is 5.79. The molecule has 4 rings (SSSR count). The van der Waals surface area contributed by atoms with Gasteiger partial charge in [-0.3, -0.25) is 4.79 Å². The van der Waals surface area contributed by atoms with Crippen LogP contribution in [0.3, 0.4) is 0 Å². The molecule has 1 saturated heterocycles. The van der Waals surface area contributed by atoms with Crippen LogP contribution in [0.15, 0.2) is 48.8 Å². The first kappa shape index (κ1) is 19.1. The molecule has 1 unspecified atom stereocenters. The van der Waals surface area contributed by atoms with Crippen LogP contribution < -0.4 is 10.2 Å². The van der Waals surface area contributed by atoms with Crippen LogP contribution in [0.5, 0.6) is 0 Å². The fraction of sp³-hybridized carbons (Fsp3) is 0.364. The molecular formula is C22H26N6O. The van der Waals surface area contributed by atoms with Gasteiger partial charge in [-0.05, 0) is 38.3 Å². The highest BCUT2D eigenvalue weighted by Gasteiger charge is 2.26. The van der Waals surface area contributed by atoms with Crippen molar-refractivity contribution in [1.82, 2.24) is 25.1 Å². The van der Waals surface area contributed by atoms with E-state index in [2.05, 4.69) is 25.3 Å². The Kier molecular flexibility index (Phi) is 5.55. The molecule has 1 fully saturated rings. The summed E-state index contributed by atoms with van der Waals surface area (Å²) in [5, 5.41) is 7.58. The maximum Gasteiger partial charge on any atom is 0.225 e. The normalized spacial score (nSPS) is 16.6. The van der Waals surface area contributed by atoms with Crippen LogP contribution in [0.1, 0.15) is 29.8 Å². The van der Waals surface area contributed by atoms with E-state index < -0.39 is 0 Å². The highest BCUT2D eigenvalue weighted by atomic mass is 16.1. The molecule has 0 bridgehead atoms. The zero-order valence-electron chi connectivity index (χ0n) is 16.9. The summed E-state index contributed by atoms with van der Waals surface area (Å²) in [6, 6.07) is 14.0. The van der Waals surface area contributed by atoms with Gasteiger partial charge in [0.1, 0.15) is 12.1 Å². The van der Waals surface area contributed by atoms with Crippen molar-refractivity contribution in [2.24, 2.45) is 5.92 Å². The molecule has 0 radical (unpaired) electrons. The predicted molar refractivity (Wildman–Crippen MR) is 112 cm³/mol. The van der Waals surface area contributed by atoms with Crippen LogP contribution in [-0.2, 0) is 11.3 Å². The number of aryl methyl sites for hydroxylation is 2. The number of nitrogens with zero attached hydrogens (tertiary/aromatic N) is 5. The standard InChI is InChI=1S/C22H26N6O/c1-16-11-17(2)28(26-16)21-12-20(24-15-25-21)27-10-6-9-19(14-27)22(29)23-13-18-7-4-3-5-8-18/h3-5,7-8,11-12,15,19H,6,9-10,13-14H2,1-2H3,(H,23,29). The van der Waals surface area contributed by atoms with Gasteiger partial charge in [0.2, 0.25) is 5.91 Å². The van der Waals surface area contributed by atoms with Crippen LogP contribution in [0, 0.1) is 19.8 Å². The molecule has 1 N–H and O–H groups in total. The molecule has 1 amide bonds. The van der Waals surface area contributed by atoms with E-state index in [0.717, 1.165) is 48.0 Å². The maximum atomic E-state index is 12.7. The van der Waals surface area contributed by atoms with Gasteiger partial charge >= 0.3 is 0 Å². The van der Waals surface area contributed by atoms with Crippen molar-refractivity contribution in [2.45, 2.75) is 33.2 Å². The number of benzene rings is 1. The zero-order chi connectivity index (χ0) is 20.2. The van der Waals surface area contributed by atoms with Gasteiger partial charge in [-0.25, -0.2) is 14.6 Å². The first-order valence-electron chi connectivity index (χ1n) is 10.0. The second-order valence-corrected chi connectivity index (χ2v) is 7.56. The number of hydrogen-bond donors (Lipinski definition) is 1. The second-order valence-electron chi connectivity index (χ2n) is 7.56. The molecule has 0 saturated carbocycles. The van der Waals surface area contributed by atoms with Gasteiger partial charge in [0.15, 0.2) is 5.82 Å². The van der Waals surface area contributed by atoms with E-state index in [0.29, 0.717) is 13.1 Å². The van der Waals surface area contributed by atoms with Crippen molar-refractivity contribution in [2.75, 3.05) is 18.0 Å². The summed E-state index contributed by atoms with van der Waals surface area (Å²) in [5.41, 5.74) is 3.10. The molecule has 0 spiro atoms. The summed E-state index contributed by atoms with van der Waals surface area (Å²) >= 11 is 0. The highest BCUT2D eigenvalue weighted by Crippen LogP contribution is 2.23. The van der Waals surface area contributed by atoms with Gasteiger partial charge in [0, 0.05) is 31.4 Å². The number of carbonyl (C=O) groups excluding carboxylic acids is 1. The largest absolute Gasteiger partial charge is 0.356 e.